The molecule has 0 radical (unpaired) electrons. The predicted molar refractivity (Wildman–Crippen MR) is 66.9 cm³/mol. The number of carbonyl (C=O) groups excluding carboxylic acids is 1. The molecule has 19 heavy (non-hydrogen) atoms. The van der Waals surface area contributed by atoms with E-state index in [0.717, 1.165) is 0 Å². The number of nitrogens with zero attached hydrogens (tertiary/aromatic N) is 2. The minimum atomic E-state index is -0.795. The lowest BCUT2D eigenvalue weighted by Gasteiger charge is -2.29. The first-order valence-electron chi connectivity index (χ1n) is 6.19. The molecule has 0 unspecified atom stereocenters. The Morgan fingerprint density at radius 2 is 2.11 bits per heavy atom. The Kier molecular flexibility index (Phi) is 3.99. The summed E-state index contributed by atoms with van der Waals surface area (Å²) in [7, 11) is 0. The molecule has 1 aromatic heterocycles. The fourth-order valence-electron chi connectivity index (χ4n) is 2.04. The van der Waals surface area contributed by atoms with Crippen LogP contribution in [0.4, 0.5) is 4.79 Å². The summed E-state index contributed by atoms with van der Waals surface area (Å²) in [5.41, 5.74) is 0.649. The van der Waals surface area contributed by atoms with E-state index < -0.39 is 12.1 Å². The van der Waals surface area contributed by atoms with E-state index in [0.29, 0.717) is 37.4 Å². The zero-order valence-corrected chi connectivity index (χ0v) is 10.7. The third-order valence-corrected chi connectivity index (χ3v) is 3.26. The van der Waals surface area contributed by atoms with Gasteiger partial charge in [-0.15, -0.1) is 0 Å². The summed E-state index contributed by atoms with van der Waals surface area (Å²) in [5, 5.41) is 8.89. The zero-order chi connectivity index (χ0) is 13.8. The number of carboxylic acid groups (broad SMARTS) is 1. The predicted octanol–water partition coefficient (Wildman–Crippen LogP) is 1.69. The van der Waals surface area contributed by atoms with Crippen LogP contribution in [-0.4, -0.2) is 40.1 Å². The van der Waals surface area contributed by atoms with E-state index in [9.17, 15) is 9.59 Å². The minimum Gasteiger partial charge on any atom is -0.481 e. The lowest BCUT2D eigenvalue weighted by atomic mass is 9.97. The van der Waals surface area contributed by atoms with Crippen LogP contribution in [0.15, 0.2) is 18.3 Å². The Morgan fingerprint density at radius 1 is 1.42 bits per heavy atom. The van der Waals surface area contributed by atoms with Crippen LogP contribution >= 0.6 is 0 Å². The van der Waals surface area contributed by atoms with E-state index in [4.69, 9.17) is 9.84 Å². The largest absolute Gasteiger partial charge is 0.481 e. The highest BCUT2D eigenvalue weighted by atomic mass is 16.6. The van der Waals surface area contributed by atoms with Crippen molar-refractivity contribution in [2.24, 2.45) is 5.92 Å². The lowest BCUT2D eigenvalue weighted by molar-refractivity contribution is -0.143. The highest BCUT2D eigenvalue weighted by Crippen LogP contribution is 2.20. The smallest absolute Gasteiger partial charge is 0.415 e. The number of aromatic nitrogens is 1. The summed E-state index contributed by atoms with van der Waals surface area (Å²) in [5.74, 6) is -0.715. The number of hydrogen-bond donors (Lipinski definition) is 1. The van der Waals surface area contributed by atoms with Gasteiger partial charge in [-0.25, -0.2) is 4.79 Å². The number of piperidine rings is 1. The van der Waals surface area contributed by atoms with Gasteiger partial charge in [-0.05, 0) is 31.9 Å². The van der Waals surface area contributed by atoms with E-state index in [1.165, 1.54) is 4.90 Å². The SMILES string of the molecule is Cc1ncccc1OC(=O)N1CCC(C(=O)O)CC1. The molecule has 0 spiro atoms. The van der Waals surface area contributed by atoms with Crippen LogP contribution in [0.25, 0.3) is 0 Å². The Morgan fingerprint density at radius 3 is 2.68 bits per heavy atom. The monoisotopic (exact) mass is 264 g/mol. The van der Waals surface area contributed by atoms with Crippen molar-refractivity contribution in [3.05, 3.63) is 24.0 Å². The van der Waals surface area contributed by atoms with Crippen molar-refractivity contribution in [2.45, 2.75) is 19.8 Å². The standard InChI is InChI=1S/C13H16N2O4/c1-9-11(3-2-6-14-9)19-13(18)15-7-4-10(5-8-15)12(16)17/h2-3,6,10H,4-5,7-8H2,1H3,(H,16,17). The molecule has 0 saturated carbocycles. The minimum absolute atomic E-state index is 0.357. The topological polar surface area (TPSA) is 79.7 Å². The number of carbonyl (C=O) groups is 2. The maximum Gasteiger partial charge on any atom is 0.415 e. The van der Waals surface area contributed by atoms with Gasteiger partial charge in [0.15, 0.2) is 5.75 Å². The van der Waals surface area contributed by atoms with Crippen LogP contribution in [0.2, 0.25) is 0 Å². The number of amides is 1. The normalized spacial score (nSPS) is 16.2. The molecule has 1 N–H and O–H groups in total. The molecule has 0 bridgehead atoms. The first-order chi connectivity index (χ1) is 9.08. The van der Waals surface area contributed by atoms with Gasteiger partial charge in [0.1, 0.15) is 0 Å². The number of rotatable bonds is 2. The quantitative estimate of drug-likeness (QED) is 0.879. The molecule has 1 saturated heterocycles. The molecule has 0 atom stereocenters. The third-order valence-electron chi connectivity index (χ3n) is 3.26. The van der Waals surface area contributed by atoms with Crippen molar-refractivity contribution in [3.8, 4) is 5.75 Å². The molecule has 2 rings (SSSR count). The van der Waals surface area contributed by atoms with Gasteiger partial charge in [0, 0.05) is 19.3 Å². The number of pyridine rings is 1. The maximum absolute atomic E-state index is 11.9. The average Bonchev–Trinajstić information content (AvgIpc) is 2.41. The van der Waals surface area contributed by atoms with Crippen LogP contribution in [0.3, 0.4) is 0 Å². The number of aliphatic carboxylic acids is 1. The first-order valence-corrected chi connectivity index (χ1v) is 6.19. The second kappa shape index (κ2) is 5.69. The highest BCUT2D eigenvalue weighted by Gasteiger charge is 2.28. The van der Waals surface area contributed by atoms with Crippen molar-refractivity contribution >= 4 is 12.1 Å². The van der Waals surface area contributed by atoms with Crippen LogP contribution in [0.5, 0.6) is 5.75 Å². The van der Waals surface area contributed by atoms with Crippen molar-refractivity contribution in [3.63, 3.8) is 0 Å². The van der Waals surface area contributed by atoms with Crippen molar-refractivity contribution in [1.82, 2.24) is 9.88 Å². The van der Waals surface area contributed by atoms with Crippen molar-refractivity contribution in [1.29, 1.82) is 0 Å². The lowest BCUT2D eigenvalue weighted by Crippen LogP contribution is -2.41. The van der Waals surface area contributed by atoms with Crippen LogP contribution in [-0.2, 0) is 4.79 Å². The Hall–Kier alpha value is -2.11. The van der Waals surface area contributed by atoms with Gasteiger partial charge in [-0.3, -0.25) is 9.78 Å². The number of likely N-dealkylation sites (tertiary alicyclic amines) is 1. The molecule has 0 aliphatic carbocycles. The highest BCUT2D eigenvalue weighted by molar-refractivity contribution is 5.73. The molecular weight excluding hydrogens is 248 g/mol. The molecule has 1 fully saturated rings. The number of carboxylic acids is 1. The average molecular weight is 264 g/mol. The van der Waals surface area contributed by atoms with Crippen LogP contribution in [0, 0.1) is 12.8 Å². The van der Waals surface area contributed by atoms with Gasteiger partial charge in [0.25, 0.3) is 0 Å². The number of aryl methyl sites for hydroxylation is 1. The molecule has 1 aliphatic rings. The third kappa shape index (κ3) is 3.21. The molecule has 6 heteroatoms. The Bertz CT molecular complexity index is 481. The van der Waals surface area contributed by atoms with Gasteiger partial charge in [-0.1, -0.05) is 0 Å². The second-order valence-corrected chi connectivity index (χ2v) is 4.55. The molecule has 1 aliphatic heterocycles. The summed E-state index contributed by atoms with van der Waals surface area (Å²) in [6.07, 6.45) is 2.12. The van der Waals surface area contributed by atoms with Gasteiger partial charge < -0.3 is 14.7 Å². The maximum atomic E-state index is 11.9. The molecular formula is C13H16N2O4. The molecule has 6 nitrogen and oxygen atoms in total. The molecule has 1 amide bonds. The summed E-state index contributed by atoms with van der Waals surface area (Å²) in [4.78, 5) is 28.3. The molecule has 1 aromatic rings. The summed E-state index contributed by atoms with van der Waals surface area (Å²) < 4.78 is 5.26. The van der Waals surface area contributed by atoms with Gasteiger partial charge in [0.2, 0.25) is 0 Å². The van der Waals surface area contributed by atoms with E-state index >= 15 is 0 Å². The number of ether oxygens (including phenoxy) is 1. The molecule has 102 valence electrons. The van der Waals surface area contributed by atoms with Gasteiger partial charge in [0.05, 0.1) is 11.6 Å². The van der Waals surface area contributed by atoms with E-state index in [-0.39, 0.29) is 5.92 Å². The summed E-state index contributed by atoms with van der Waals surface area (Å²) >= 11 is 0. The van der Waals surface area contributed by atoms with E-state index in [2.05, 4.69) is 4.98 Å². The van der Waals surface area contributed by atoms with E-state index in [1.807, 2.05) is 0 Å². The Balaban J connectivity index is 1.92. The molecule has 0 aromatic carbocycles. The van der Waals surface area contributed by atoms with Crippen LogP contribution in [0.1, 0.15) is 18.5 Å². The summed E-state index contributed by atoms with van der Waals surface area (Å²) in [6.45, 7) is 2.59. The fourth-order valence-corrected chi connectivity index (χ4v) is 2.04. The second-order valence-electron chi connectivity index (χ2n) is 4.55. The van der Waals surface area contributed by atoms with Crippen molar-refractivity contribution < 1.29 is 19.4 Å². The first kappa shape index (κ1) is 13.3. The van der Waals surface area contributed by atoms with Crippen LogP contribution < -0.4 is 4.74 Å². The fraction of sp³-hybridized carbons (Fsp3) is 0.462. The Labute approximate surface area is 111 Å². The van der Waals surface area contributed by atoms with Crippen molar-refractivity contribution in [2.75, 3.05) is 13.1 Å². The van der Waals surface area contributed by atoms with Gasteiger partial charge in [-0.2, -0.15) is 0 Å². The summed E-state index contributed by atoms with van der Waals surface area (Å²) in [6, 6.07) is 3.39. The van der Waals surface area contributed by atoms with Gasteiger partial charge >= 0.3 is 12.1 Å². The molecule has 2 heterocycles. The number of hydrogen-bond acceptors (Lipinski definition) is 4. The zero-order valence-electron chi connectivity index (χ0n) is 10.7. The van der Waals surface area contributed by atoms with E-state index in [1.54, 1.807) is 25.3 Å².